The molecule has 4 fully saturated rings. The largest absolute Gasteiger partial charge is 0.481 e. The van der Waals surface area contributed by atoms with Crippen LogP contribution in [0, 0.1) is 29.6 Å². The molecule has 2 saturated heterocycles. The number of allylic oxidation sites excluding steroid dienone is 6. The summed E-state index contributed by atoms with van der Waals surface area (Å²) in [4.78, 5) is 58.4. The molecule has 2 aliphatic heterocycles. The second-order valence-corrected chi connectivity index (χ2v) is 16.5. The van der Waals surface area contributed by atoms with E-state index in [1.807, 2.05) is 24.3 Å². The summed E-state index contributed by atoms with van der Waals surface area (Å²) in [6.45, 7) is 5.20. The SMILES string of the molecule is CC(COC(=O)C1CC=CCC1)OC(=O)C1CC=CCC1.CC(COC(=O)C1CCC2OC2C1)OC(=O)C1CCC2OC2C1.CC(O)CO.O=C(O)C1CC=CCC1. The standard InChI is InChI=1S/C17H24O6.C17H24O4.C7H10O2.C3H8O2/c1-9(21-17(19)11-3-5-13-15(7-11)23-13)8-20-16(18)10-2-4-12-14(6-10)22-12;1-13(21-17(19)15-10-6-3-7-11-15)12-20-16(18)14-8-4-2-5-9-14;8-7(9)6-4-2-1-3-5-6;1-3(5)2-4/h9-15H,2-8H2,1H3;2-4,6,13-15H,5,7-12H2,1H3;1-2,6H,3-5H2,(H,8,9);3-5H,2H2,1H3. The van der Waals surface area contributed by atoms with Gasteiger partial charge < -0.3 is 43.7 Å². The Hall–Kier alpha value is -3.59. The van der Waals surface area contributed by atoms with Crippen LogP contribution in [-0.2, 0) is 52.4 Å². The number of carboxylic acid groups (broad SMARTS) is 1. The topological polar surface area (TPSA) is 208 Å². The predicted octanol–water partition coefficient (Wildman–Crippen LogP) is 5.56. The Morgan fingerprint density at radius 1 is 0.552 bits per heavy atom. The zero-order valence-electron chi connectivity index (χ0n) is 34.5. The summed E-state index contributed by atoms with van der Waals surface area (Å²) in [6.07, 6.45) is 24.7. The van der Waals surface area contributed by atoms with E-state index in [1.54, 1.807) is 13.8 Å². The average molecular weight is 819 g/mol. The Kier molecular flexibility index (Phi) is 19.9. The number of aliphatic hydroxyl groups is 2. The number of carboxylic acids is 1. The number of esters is 4. The predicted molar refractivity (Wildman–Crippen MR) is 211 cm³/mol. The Labute approximate surface area is 342 Å². The van der Waals surface area contributed by atoms with Crippen molar-refractivity contribution < 1.29 is 67.7 Å². The highest BCUT2D eigenvalue weighted by Gasteiger charge is 2.47. The van der Waals surface area contributed by atoms with E-state index >= 15 is 0 Å². The van der Waals surface area contributed by atoms with Gasteiger partial charge in [-0.3, -0.25) is 24.0 Å². The minimum atomic E-state index is -0.653. The number of ether oxygens (including phenoxy) is 6. The van der Waals surface area contributed by atoms with Crippen LogP contribution in [0.15, 0.2) is 36.5 Å². The summed E-state index contributed by atoms with van der Waals surface area (Å²) in [5, 5.41) is 24.5. The van der Waals surface area contributed by atoms with E-state index in [4.69, 9.17) is 43.7 Å². The van der Waals surface area contributed by atoms with E-state index < -0.39 is 18.2 Å². The first kappa shape index (κ1) is 47.1. The molecule has 2 saturated carbocycles. The number of epoxide rings is 2. The van der Waals surface area contributed by atoms with Gasteiger partial charge in [0, 0.05) is 0 Å². The second kappa shape index (κ2) is 24.5. The van der Waals surface area contributed by atoms with E-state index in [9.17, 15) is 24.0 Å². The van der Waals surface area contributed by atoms with Gasteiger partial charge in [-0.25, -0.2) is 0 Å². The van der Waals surface area contributed by atoms with Crippen LogP contribution in [-0.4, -0.2) is 108 Å². The third kappa shape index (κ3) is 16.9. The fourth-order valence-corrected chi connectivity index (χ4v) is 7.56. The fraction of sp³-hybridized carbons (Fsp3) is 0.750. The number of aliphatic carboxylic acids is 1. The van der Waals surface area contributed by atoms with Crippen LogP contribution in [0.4, 0.5) is 0 Å². The Bertz CT molecular complexity index is 1420. The molecule has 0 radical (unpaired) electrons. The van der Waals surface area contributed by atoms with Crippen LogP contribution in [0.2, 0.25) is 0 Å². The summed E-state index contributed by atoms with van der Waals surface area (Å²) < 4.78 is 32.3. The smallest absolute Gasteiger partial charge is 0.309 e. The average Bonchev–Trinajstić information content (AvgIpc) is 4.18. The first-order chi connectivity index (χ1) is 27.8. The molecule has 7 rings (SSSR count). The van der Waals surface area contributed by atoms with Crippen molar-refractivity contribution in [2.75, 3.05) is 19.8 Å². The Morgan fingerprint density at radius 3 is 1.29 bits per heavy atom. The van der Waals surface area contributed by atoms with Gasteiger partial charge in [0.1, 0.15) is 25.4 Å². The van der Waals surface area contributed by atoms with E-state index in [-0.39, 0.29) is 91.6 Å². The monoisotopic (exact) mass is 818 g/mol. The lowest BCUT2D eigenvalue weighted by atomic mass is 9.89. The van der Waals surface area contributed by atoms with Crippen LogP contribution in [0.5, 0.6) is 0 Å². The van der Waals surface area contributed by atoms with Crippen molar-refractivity contribution >= 4 is 29.8 Å². The second-order valence-electron chi connectivity index (χ2n) is 16.5. The van der Waals surface area contributed by atoms with E-state index in [0.717, 1.165) is 96.3 Å². The summed E-state index contributed by atoms with van der Waals surface area (Å²) in [7, 11) is 0. The van der Waals surface area contributed by atoms with Crippen molar-refractivity contribution in [3.05, 3.63) is 36.5 Å². The minimum absolute atomic E-state index is 0.0404. The first-order valence-electron chi connectivity index (χ1n) is 21.4. The lowest BCUT2D eigenvalue weighted by Gasteiger charge is -2.22. The van der Waals surface area contributed by atoms with Gasteiger partial charge in [0.05, 0.1) is 66.7 Å². The zero-order valence-corrected chi connectivity index (χ0v) is 34.5. The number of rotatable bonds is 12. The quantitative estimate of drug-likeness (QED) is 0.0955. The summed E-state index contributed by atoms with van der Waals surface area (Å²) in [6, 6.07) is 0. The molecule has 58 heavy (non-hydrogen) atoms. The fourth-order valence-electron chi connectivity index (χ4n) is 7.56. The molecule has 0 aromatic rings. The highest BCUT2D eigenvalue weighted by atomic mass is 16.6. The molecule has 7 aliphatic rings. The molecule has 5 aliphatic carbocycles. The van der Waals surface area contributed by atoms with Gasteiger partial charge >= 0.3 is 29.8 Å². The van der Waals surface area contributed by atoms with E-state index in [0.29, 0.717) is 12.2 Å². The summed E-state index contributed by atoms with van der Waals surface area (Å²) >= 11 is 0. The normalized spacial score (nSPS) is 31.4. The van der Waals surface area contributed by atoms with Crippen LogP contribution < -0.4 is 0 Å². The van der Waals surface area contributed by atoms with E-state index in [1.165, 1.54) is 6.92 Å². The molecule has 2 heterocycles. The minimum Gasteiger partial charge on any atom is -0.481 e. The Morgan fingerprint density at radius 2 is 0.931 bits per heavy atom. The number of hydrogen-bond acceptors (Lipinski definition) is 13. The van der Waals surface area contributed by atoms with Crippen LogP contribution in [0.1, 0.15) is 117 Å². The highest BCUT2D eigenvalue weighted by molar-refractivity contribution is 5.75. The van der Waals surface area contributed by atoms with Gasteiger partial charge in [-0.05, 0) is 117 Å². The molecule has 0 spiro atoms. The molecule has 326 valence electrons. The van der Waals surface area contributed by atoms with Gasteiger partial charge in [0.2, 0.25) is 0 Å². The zero-order chi connectivity index (χ0) is 42.0. The summed E-state index contributed by atoms with van der Waals surface area (Å²) in [5.41, 5.74) is 0. The Balaban J connectivity index is 0.000000195. The van der Waals surface area contributed by atoms with Gasteiger partial charge in [0.15, 0.2) is 0 Å². The van der Waals surface area contributed by atoms with Gasteiger partial charge in [-0.1, -0.05) is 36.5 Å². The molecule has 14 heteroatoms. The third-order valence-electron chi connectivity index (χ3n) is 11.3. The van der Waals surface area contributed by atoms with Crippen molar-refractivity contribution in [2.24, 2.45) is 29.6 Å². The number of carbonyl (C=O) groups excluding carboxylic acids is 4. The van der Waals surface area contributed by atoms with Crippen LogP contribution in [0.25, 0.3) is 0 Å². The molecule has 12 atom stereocenters. The van der Waals surface area contributed by atoms with Crippen molar-refractivity contribution in [2.45, 2.75) is 160 Å². The first-order valence-corrected chi connectivity index (χ1v) is 21.4. The van der Waals surface area contributed by atoms with Crippen LogP contribution in [0.3, 0.4) is 0 Å². The van der Waals surface area contributed by atoms with E-state index in [2.05, 4.69) is 12.2 Å². The lowest BCUT2D eigenvalue weighted by molar-refractivity contribution is -0.164. The molecule has 3 N–H and O–H groups in total. The van der Waals surface area contributed by atoms with Gasteiger partial charge in [0.25, 0.3) is 0 Å². The molecular formula is C44H66O14. The number of aliphatic hydroxyl groups excluding tert-OH is 2. The molecule has 0 amide bonds. The number of hydrogen-bond donors (Lipinski definition) is 3. The van der Waals surface area contributed by atoms with Gasteiger partial charge in [-0.2, -0.15) is 0 Å². The number of carbonyl (C=O) groups is 5. The molecule has 0 bridgehead atoms. The maximum absolute atomic E-state index is 12.1. The molecule has 0 aromatic heterocycles. The summed E-state index contributed by atoms with van der Waals surface area (Å²) in [5.74, 6) is -1.72. The van der Waals surface area contributed by atoms with Crippen molar-refractivity contribution in [1.29, 1.82) is 0 Å². The maximum atomic E-state index is 12.1. The molecule has 12 unspecified atom stereocenters. The lowest BCUT2D eigenvalue weighted by Crippen LogP contribution is -2.31. The van der Waals surface area contributed by atoms with Gasteiger partial charge in [-0.15, -0.1) is 0 Å². The molecule has 0 aromatic carbocycles. The van der Waals surface area contributed by atoms with Crippen molar-refractivity contribution in [3.8, 4) is 0 Å². The number of fused-ring (bicyclic) bond motifs is 2. The molecular weight excluding hydrogens is 752 g/mol. The molecule has 14 nitrogen and oxygen atoms in total. The highest BCUT2D eigenvalue weighted by Crippen LogP contribution is 2.41. The third-order valence-corrected chi connectivity index (χ3v) is 11.3. The van der Waals surface area contributed by atoms with Crippen LogP contribution >= 0.6 is 0 Å². The van der Waals surface area contributed by atoms with Crippen molar-refractivity contribution in [3.63, 3.8) is 0 Å². The maximum Gasteiger partial charge on any atom is 0.309 e. The van der Waals surface area contributed by atoms with Crippen molar-refractivity contribution in [1.82, 2.24) is 0 Å².